The Labute approximate surface area is 221 Å². The summed E-state index contributed by atoms with van der Waals surface area (Å²) in [4.78, 5) is 29.3. The van der Waals surface area contributed by atoms with Crippen molar-refractivity contribution in [2.24, 2.45) is 5.41 Å². The minimum atomic E-state index is -0.444. The third-order valence-electron chi connectivity index (χ3n) is 5.86. The smallest absolute Gasteiger partial charge is 0.293 e. The lowest BCUT2D eigenvalue weighted by molar-refractivity contribution is -0.139. The molecule has 0 saturated carbocycles. The fourth-order valence-corrected chi connectivity index (χ4v) is 4.38. The minimum Gasteiger partial charge on any atom is -0.451 e. The number of anilines is 2. The molecule has 2 amide bonds. The standard InChI is InChI=1S/C27H29ClN4O3S/c1-27(2,3)25(34)32-15-13-31(14-16-32)21-9-7-20(8-10-21)29-26(36)30-24(33)23-12-11-22(35-23)18-5-4-6-19(28)17-18/h4-12,17H,13-16H2,1-3H3,(H2,29,30,33,36). The van der Waals surface area contributed by atoms with Gasteiger partial charge in [-0.25, -0.2) is 0 Å². The first-order valence-corrected chi connectivity index (χ1v) is 12.5. The second-order valence-electron chi connectivity index (χ2n) is 9.66. The summed E-state index contributed by atoms with van der Waals surface area (Å²) in [5, 5.41) is 6.42. The van der Waals surface area contributed by atoms with Gasteiger partial charge in [-0.2, -0.15) is 0 Å². The van der Waals surface area contributed by atoms with Crippen LogP contribution in [0.5, 0.6) is 0 Å². The molecule has 0 radical (unpaired) electrons. The van der Waals surface area contributed by atoms with Crippen molar-refractivity contribution < 1.29 is 14.0 Å². The Balaban J connectivity index is 1.29. The molecule has 2 N–H and O–H groups in total. The van der Waals surface area contributed by atoms with Gasteiger partial charge in [0.2, 0.25) is 5.91 Å². The van der Waals surface area contributed by atoms with Gasteiger partial charge in [-0.3, -0.25) is 14.9 Å². The lowest BCUT2D eigenvalue weighted by atomic mass is 9.94. The number of hydrogen-bond donors (Lipinski definition) is 2. The van der Waals surface area contributed by atoms with E-state index < -0.39 is 5.91 Å². The van der Waals surface area contributed by atoms with Crippen LogP contribution in [0.2, 0.25) is 5.02 Å². The summed E-state index contributed by atoms with van der Waals surface area (Å²) >= 11 is 11.3. The highest BCUT2D eigenvalue weighted by Crippen LogP contribution is 2.25. The van der Waals surface area contributed by atoms with Crippen LogP contribution in [0.25, 0.3) is 11.3 Å². The van der Waals surface area contributed by atoms with Crippen molar-refractivity contribution in [1.29, 1.82) is 0 Å². The van der Waals surface area contributed by atoms with Crippen molar-refractivity contribution in [3.63, 3.8) is 0 Å². The van der Waals surface area contributed by atoms with Gasteiger partial charge >= 0.3 is 0 Å². The molecule has 0 spiro atoms. The van der Waals surface area contributed by atoms with Crippen LogP contribution in [0.4, 0.5) is 11.4 Å². The van der Waals surface area contributed by atoms with Crippen LogP contribution in [0.15, 0.2) is 65.1 Å². The van der Waals surface area contributed by atoms with Crippen LogP contribution in [-0.2, 0) is 4.79 Å². The van der Waals surface area contributed by atoms with E-state index in [1.165, 1.54) is 0 Å². The van der Waals surface area contributed by atoms with Gasteiger partial charge in [0.25, 0.3) is 5.91 Å². The van der Waals surface area contributed by atoms with E-state index in [0.29, 0.717) is 23.9 Å². The second kappa shape index (κ2) is 10.7. The van der Waals surface area contributed by atoms with Gasteiger partial charge in [-0.05, 0) is 60.7 Å². The zero-order valence-electron chi connectivity index (χ0n) is 20.5. The molecule has 1 saturated heterocycles. The van der Waals surface area contributed by atoms with Gasteiger partial charge in [0, 0.05) is 53.6 Å². The monoisotopic (exact) mass is 524 g/mol. The number of rotatable bonds is 4. The van der Waals surface area contributed by atoms with E-state index >= 15 is 0 Å². The largest absolute Gasteiger partial charge is 0.451 e. The van der Waals surface area contributed by atoms with Crippen molar-refractivity contribution in [3.8, 4) is 11.3 Å². The number of furan rings is 1. The van der Waals surface area contributed by atoms with Crippen LogP contribution in [-0.4, -0.2) is 48.0 Å². The molecule has 0 unspecified atom stereocenters. The van der Waals surface area contributed by atoms with E-state index in [-0.39, 0.29) is 22.2 Å². The van der Waals surface area contributed by atoms with Gasteiger partial charge in [0.05, 0.1) is 0 Å². The number of piperazine rings is 1. The summed E-state index contributed by atoms with van der Waals surface area (Å²) in [6, 6.07) is 18.3. The van der Waals surface area contributed by atoms with Crippen LogP contribution in [0.1, 0.15) is 31.3 Å². The molecule has 7 nitrogen and oxygen atoms in total. The van der Waals surface area contributed by atoms with Crippen molar-refractivity contribution in [1.82, 2.24) is 10.2 Å². The highest BCUT2D eigenvalue weighted by Gasteiger charge is 2.29. The predicted molar refractivity (Wildman–Crippen MR) is 148 cm³/mol. The lowest BCUT2D eigenvalue weighted by Crippen LogP contribution is -2.51. The molecule has 1 aliphatic rings. The molecule has 9 heteroatoms. The quantitative estimate of drug-likeness (QED) is 0.444. The molecule has 1 aliphatic heterocycles. The van der Waals surface area contributed by atoms with E-state index in [1.54, 1.807) is 24.3 Å². The van der Waals surface area contributed by atoms with Gasteiger partial charge in [-0.15, -0.1) is 0 Å². The summed E-state index contributed by atoms with van der Waals surface area (Å²) < 4.78 is 5.67. The van der Waals surface area contributed by atoms with Gasteiger partial charge in [0.15, 0.2) is 10.9 Å². The zero-order valence-corrected chi connectivity index (χ0v) is 22.1. The van der Waals surface area contributed by atoms with Crippen LogP contribution < -0.4 is 15.5 Å². The number of carbonyl (C=O) groups excluding carboxylic acids is 2. The summed E-state index contributed by atoms with van der Waals surface area (Å²) in [5.74, 6) is 0.432. The van der Waals surface area contributed by atoms with Crippen molar-refractivity contribution >= 4 is 52.1 Å². The highest BCUT2D eigenvalue weighted by molar-refractivity contribution is 7.80. The predicted octanol–water partition coefficient (Wildman–Crippen LogP) is 5.42. The lowest BCUT2D eigenvalue weighted by Gasteiger charge is -2.38. The average Bonchev–Trinajstić information content (AvgIpc) is 3.34. The number of benzene rings is 2. The first-order valence-electron chi connectivity index (χ1n) is 11.7. The molecule has 188 valence electrons. The number of nitrogens with one attached hydrogen (secondary N) is 2. The molecule has 3 aromatic rings. The SMILES string of the molecule is CC(C)(C)C(=O)N1CCN(c2ccc(NC(=S)NC(=O)c3ccc(-c4cccc(Cl)c4)o3)cc2)CC1. The van der Waals surface area contributed by atoms with Crippen LogP contribution in [0.3, 0.4) is 0 Å². The Hall–Kier alpha value is -3.36. The van der Waals surface area contributed by atoms with Crippen LogP contribution >= 0.6 is 23.8 Å². The van der Waals surface area contributed by atoms with Gasteiger partial charge in [-0.1, -0.05) is 44.5 Å². The average molecular weight is 525 g/mol. The van der Waals surface area contributed by atoms with E-state index in [2.05, 4.69) is 15.5 Å². The Kier molecular flexibility index (Phi) is 7.66. The third kappa shape index (κ3) is 6.25. The van der Waals surface area contributed by atoms with E-state index in [1.807, 2.05) is 62.1 Å². The topological polar surface area (TPSA) is 77.8 Å². The number of hydrogen-bond acceptors (Lipinski definition) is 5. The molecule has 1 fully saturated rings. The van der Waals surface area contributed by atoms with Crippen LogP contribution in [0, 0.1) is 5.41 Å². The summed E-state index contributed by atoms with van der Waals surface area (Å²) in [6.07, 6.45) is 0. The molecule has 2 heterocycles. The number of thiocarbonyl (C=S) groups is 1. The maximum atomic E-state index is 12.6. The Morgan fingerprint density at radius 1 is 0.972 bits per heavy atom. The molecule has 36 heavy (non-hydrogen) atoms. The molecule has 0 atom stereocenters. The fraction of sp³-hybridized carbons (Fsp3) is 0.296. The normalized spacial score (nSPS) is 13.9. The van der Waals surface area contributed by atoms with E-state index in [4.69, 9.17) is 28.2 Å². The van der Waals surface area contributed by atoms with E-state index in [9.17, 15) is 9.59 Å². The molecule has 0 bridgehead atoms. The summed E-state index contributed by atoms with van der Waals surface area (Å²) in [6.45, 7) is 8.83. The third-order valence-corrected chi connectivity index (χ3v) is 6.30. The number of amides is 2. The first-order chi connectivity index (χ1) is 17.1. The molecular formula is C27H29ClN4O3S. The summed E-state index contributed by atoms with van der Waals surface area (Å²) in [5.41, 5.74) is 2.25. The molecule has 4 rings (SSSR count). The Morgan fingerprint density at radius 2 is 1.67 bits per heavy atom. The van der Waals surface area contributed by atoms with Crippen molar-refractivity contribution in [3.05, 3.63) is 71.4 Å². The Morgan fingerprint density at radius 3 is 2.31 bits per heavy atom. The van der Waals surface area contributed by atoms with Crippen molar-refractivity contribution in [2.45, 2.75) is 20.8 Å². The van der Waals surface area contributed by atoms with E-state index in [0.717, 1.165) is 30.0 Å². The molecule has 0 aliphatic carbocycles. The minimum absolute atomic E-state index is 0.147. The van der Waals surface area contributed by atoms with Crippen molar-refractivity contribution in [2.75, 3.05) is 36.4 Å². The maximum absolute atomic E-state index is 12.6. The molecular weight excluding hydrogens is 496 g/mol. The maximum Gasteiger partial charge on any atom is 0.293 e. The van der Waals surface area contributed by atoms with Gasteiger partial charge < -0.3 is 19.5 Å². The Bertz CT molecular complexity index is 1260. The number of nitrogens with zero attached hydrogens (tertiary/aromatic N) is 2. The highest BCUT2D eigenvalue weighted by atomic mass is 35.5. The number of halogens is 1. The zero-order chi connectivity index (χ0) is 25.9. The first kappa shape index (κ1) is 25.7. The van der Waals surface area contributed by atoms with Gasteiger partial charge in [0.1, 0.15) is 5.76 Å². The molecule has 2 aromatic carbocycles. The second-order valence-corrected chi connectivity index (χ2v) is 10.5. The fourth-order valence-electron chi connectivity index (χ4n) is 3.98. The molecule has 1 aromatic heterocycles. The number of carbonyl (C=O) groups is 2. The summed E-state index contributed by atoms with van der Waals surface area (Å²) in [7, 11) is 0.